The Bertz CT molecular complexity index is 239. The molecule has 3 nitrogen and oxygen atoms in total. The maximum Gasteiger partial charge on any atom is 0.183 e. The van der Waals surface area contributed by atoms with Crippen molar-refractivity contribution in [3.8, 4) is 5.75 Å². The molecule has 0 bridgehead atoms. The molecule has 0 unspecified atom stereocenters. The maximum absolute atomic E-state index is 12.5. The summed E-state index contributed by atoms with van der Waals surface area (Å²) in [6.07, 6.45) is 1.02. The summed E-state index contributed by atoms with van der Waals surface area (Å²) >= 11 is 0. The highest BCUT2D eigenvalue weighted by Crippen LogP contribution is 2.16. The molecular formula is C6H7FN2O. The number of halogens is 1. The van der Waals surface area contributed by atoms with Crippen LogP contribution in [0.4, 0.5) is 10.2 Å². The third kappa shape index (κ3) is 1.15. The second-order valence-electron chi connectivity index (χ2n) is 1.74. The van der Waals surface area contributed by atoms with Gasteiger partial charge < -0.3 is 10.5 Å². The average molecular weight is 142 g/mol. The van der Waals surface area contributed by atoms with Crippen LogP contribution < -0.4 is 10.5 Å². The molecule has 0 saturated carbocycles. The van der Waals surface area contributed by atoms with Gasteiger partial charge in [-0.15, -0.1) is 0 Å². The van der Waals surface area contributed by atoms with Crippen molar-refractivity contribution < 1.29 is 9.13 Å². The van der Waals surface area contributed by atoms with Crippen molar-refractivity contribution >= 4 is 5.82 Å². The average Bonchev–Trinajstić information content (AvgIpc) is 1.94. The molecule has 0 saturated heterocycles. The van der Waals surface area contributed by atoms with E-state index < -0.39 is 5.82 Å². The maximum atomic E-state index is 12.5. The van der Waals surface area contributed by atoms with Crippen molar-refractivity contribution in [2.24, 2.45) is 0 Å². The summed E-state index contributed by atoms with van der Waals surface area (Å²) in [5.41, 5.74) is 5.25. The summed E-state index contributed by atoms with van der Waals surface area (Å²) in [4.78, 5) is 3.51. The number of nitrogens with two attached hydrogens (primary N) is 1. The van der Waals surface area contributed by atoms with E-state index in [1.54, 1.807) is 0 Å². The Balaban J connectivity index is 3.09. The molecule has 1 heterocycles. The lowest BCUT2D eigenvalue weighted by Crippen LogP contribution is -1.94. The van der Waals surface area contributed by atoms with Crippen molar-refractivity contribution in [3.05, 3.63) is 18.1 Å². The molecule has 2 N–H and O–H groups in total. The molecule has 4 heteroatoms. The summed E-state index contributed by atoms with van der Waals surface area (Å²) in [7, 11) is 1.37. The monoisotopic (exact) mass is 142 g/mol. The van der Waals surface area contributed by atoms with Gasteiger partial charge in [0, 0.05) is 6.07 Å². The van der Waals surface area contributed by atoms with Gasteiger partial charge in [-0.05, 0) is 0 Å². The molecule has 0 aliphatic rings. The first kappa shape index (κ1) is 6.80. The Kier molecular flexibility index (Phi) is 1.71. The van der Waals surface area contributed by atoms with E-state index in [-0.39, 0.29) is 11.6 Å². The Morgan fingerprint density at radius 2 is 2.40 bits per heavy atom. The van der Waals surface area contributed by atoms with Crippen LogP contribution >= 0.6 is 0 Å². The Morgan fingerprint density at radius 3 is 2.90 bits per heavy atom. The minimum absolute atomic E-state index is 0.118. The third-order valence-corrected chi connectivity index (χ3v) is 1.06. The predicted molar refractivity (Wildman–Crippen MR) is 35.2 cm³/mol. The van der Waals surface area contributed by atoms with E-state index in [4.69, 9.17) is 5.73 Å². The number of hydrogen-bond acceptors (Lipinski definition) is 3. The molecule has 0 radical (unpaired) electrons. The number of ether oxygens (including phenoxy) is 1. The Morgan fingerprint density at radius 1 is 1.70 bits per heavy atom. The quantitative estimate of drug-likeness (QED) is 0.631. The lowest BCUT2D eigenvalue weighted by Gasteiger charge is -1.99. The van der Waals surface area contributed by atoms with Crippen molar-refractivity contribution in [3.63, 3.8) is 0 Å². The van der Waals surface area contributed by atoms with E-state index in [2.05, 4.69) is 9.72 Å². The fourth-order valence-corrected chi connectivity index (χ4v) is 0.592. The molecule has 1 aromatic heterocycles. The molecule has 0 aliphatic carbocycles. The highest BCUT2D eigenvalue weighted by atomic mass is 19.1. The van der Waals surface area contributed by atoms with Crippen molar-refractivity contribution in [2.45, 2.75) is 0 Å². The van der Waals surface area contributed by atoms with Crippen LogP contribution in [0.15, 0.2) is 12.3 Å². The zero-order valence-electron chi connectivity index (χ0n) is 5.47. The number of aromatic nitrogens is 1. The van der Waals surface area contributed by atoms with Gasteiger partial charge in [0.05, 0.1) is 13.3 Å². The molecule has 0 aromatic carbocycles. The van der Waals surface area contributed by atoms with E-state index in [0.717, 1.165) is 6.20 Å². The molecule has 0 atom stereocenters. The lowest BCUT2D eigenvalue weighted by atomic mass is 10.4. The second kappa shape index (κ2) is 2.51. The summed E-state index contributed by atoms with van der Waals surface area (Å²) in [5.74, 6) is -0.137. The van der Waals surface area contributed by atoms with Gasteiger partial charge in [-0.25, -0.2) is 9.37 Å². The molecule has 54 valence electrons. The first-order chi connectivity index (χ1) is 4.74. The van der Waals surface area contributed by atoms with Crippen LogP contribution in [0, 0.1) is 5.82 Å². The largest absolute Gasteiger partial charge is 0.493 e. The van der Waals surface area contributed by atoms with Gasteiger partial charge in [-0.1, -0.05) is 0 Å². The molecule has 1 aromatic rings. The normalized spacial score (nSPS) is 9.40. The van der Waals surface area contributed by atoms with Crippen molar-refractivity contribution in [2.75, 3.05) is 12.8 Å². The number of hydrogen-bond donors (Lipinski definition) is 1. The summed E-state index contributed by atoms with van der Waals surface area (Å²) in [6, 6.07) is 1.33. The van der Waals surface area contributed by atoms with Crippen LogP contribution in [0.1, 0.15) is 0 Å². The van der Waals surface area contributed by atoms with Crippen LogP contribution in [0.25, 0.3) is 0 Å². The van der Waals surface area contributed by atoms with E-state index >= 15 is 0 Å². The van der Waals surface area contributed by atoms with Gasteiger partial charge in [0.1, 0.15) is 5.82 Å². The summed E-state index contributed by atoms with van der Waals surface area (Å²) in [5, 5.41) is 0. The van der Waals surface area contributed by atoms with Crippen LogP contribution in [-0.2, 0) is 0 Å². The van der Waals surface area contributed by atoms with Gasteiger partial charge >= 0.3 is 0 Å². The standard InChI is InChI=1S/C6H7FN2O/c1-10-5-2-6(8)9-3-4(5)7/h2-3H,1H3,(H2,8,9). The van der Waals surface area contributed by atoms with E-state index in [0.29, 0.717) is 0 Å². The number of anilines is 1. The van der Waals surface area contributed by atoms with Crippen molar-refractivity contribution in [1.82, 2.24) is 4.98 Å². The summed E-state index contributed by atoms with van der Waals surface area (Å²) < 4.78 is 17.2. The number of rotatable bonds is 1. The Labute approximate surface area is 57.6 Å². The van der Waals surface area contributed by atoms with Crippen molar-refractivity contribution in [1.29, 1.82) is 0 Å². The van der Waals surface area contributed by atoms with E-state index in [1.807, 2.05) is 0 Å². The fourth-order valence-electron chi connectivity index (χ4n) is 0.592. The first-order valence-electron chi connectivity index (χ1n) is 2.69. The minimum Gasteiger partial charge on any atom is -0.493 e. The molecule has 10 heavy (non-hydrogen) atoms. The Hall–Kier alpha value is -1.32. The molecule has 0 amide bonds. The molecular weight excluding hydrogens is 135 g/mol. The molecule has 0 spiro atoms. The van der Waals surface area contributed by atoms with Gasteiger partial charge in [0.2, 0.25) is 0 Å². The zero-order valence-corrected chi connectivity index (χ0v) is 5.47. The van der Waals surface area contributed by atoms with Crippen LogP contribution in [0.3, 0.4) is 0 Å². The number of nitrogens with zero attached hydrogens (tertiary/aromatic N) is 1. The smallest absolute Gasteiger partial charge is 0.183 e. The third-order valence-electron chi connectivity index (χ3n) is 1.06. The highest BCUT2D eigenvalue weighted by Gasteiger charge is 2.00. The van der Waals surface area contributed by atoms with Crippen LogP contribution in [0.5, 0.6) is 5.75 Å². The van der Waals surface area contributed by atoms with Gasteiger partial charge in [0.15, 0.2) is 11.6 Å². The first-order valence-corrected chi connectivity index (χ1v) is 2.69. The number of nitrogen functional groups attached to an aromatic ring is 1. The van der Waals surface area contributed by atoms with Gasteiger partial charge in [-0.2, -0.15) is 0 Å². The van der Waals surface area contributed by atoms with E-state index in [1.165, 1.54) is 13.2 Å². The minimum atomic E-state index is -0.503. The number of pyridine rings is 1. The highest BCUT2D eigenvalue weighted by molar-refractivity contribution is 5.36. The lowest BCUT2D eigenvalue weighted by molar-refractivity contribution is 0.385. The number of methoxy groups -OCH3 is 1. The topological polar surface area (TPSA) is 48.1 Å². The fraction of sp³-hybridized carbons (Fsp3) is 0.167. The second-order valence-corrected chi connectivity index (χ2v) is 1.74. The van der Waals surface area contributed by atoms with E-state index in [9.17, 15) is 4.39 Å². The van der Waals surface area contributed by atoms with Crippen LogP contribution in [0.2, 0.25) is 0 Å². The van der Waals surface area contributed by atoms with Gasteiger partial charge in [0.25, 0.3) is 0 Å². The van der Waals surface area contributed by atoms with Crippen LogP contribution in [-0.4, -0.2) is 12.1 Å². The summed E-state index contributed by atoms with van der Waals surface area (Å²) in [6.45, 7) is 0. The SMILES string of the molecule is COc1cc(N)ncc1F. The molecule has 1 rings (SSSR count). The molecule has 0 aliphatic heterocycles. The zero-order chi connectivity index (χ0) is 7.56. The molecule has 0 fully saturated rings. The van der Waals surface area contributed by atoms with Gasteiger partial charge in [-0.3, -0.25) is 0 Å². The predicted octanol–water partition coefficient (Wildman–Crippen LogP) is 0.811.